The normalized spacial score (nSPS) is 18.7. The van der Waals surface area contributed by atoms with Crippen molar-refractivity contribution in [3.05, 3.63) is 75.7 Å². The van der Waals surface area contributed by atoms with Crippen LogP contribution in [0.15, 0.2) is 53.3 Å². The topological polar surface area (TPSA) is 81.4 Å². The molecule has 0 amide bonds. The minimum Gasteiger partial charge on any atom is -0.283 e. The number of tetrazole rings is 1. The molecule has 0 unspecified atom stereocenters. The maximum absolute atomic E-state index is 13.6. The van der Waals surface area contributed by atoms with Crippen molar-refractivity contribution in [1.82, 2.24) is 30.0 Å². The SMILES string of the molecule is CCCCCc1c(Cc2ccc(-c3ccccc3-c3nn[nH]n3)cc2)c(=O)n2n1C1CCC2CC1. The molecular formula is C28H32N6O. The number of aromatic nitrogens is 6. The lowest BCUT2D eigenvalue weighted by atomic mass is 9.89. The molecule has 7 nitrogen and oxygen atoms in total. The van der Waals surface area contributed by atoms with Crippen molar-refractivity contribution in [3.63, 3.8) is 0 Å². The number of rotatable bonds is 8. The maximum Gasteiger partial charge on any atom is 0.270 e. The van der Waals surface area contributed by atoms with Crippen molar-refractivity contribution in [3.8, 4) is 22.5 Å². The number of nitrogens with one attached hydrogen (secondary N) is 1. The quantitative estimate of drug-likeness (QED) is 0.347. The zero-order valence-corrected chi connectivity index (χ0v) is 20.3. The number of hydrogen-bond donors (Lipinski definition) is 1. The number of benzene rings is 2. The Labute approximate surface area is 205 Å². The van der Waals surface area contributed by atoms with Crippen LogP contribution in [0.4, 0.5) is 0 Å². The Hall–Kier alpha value is -3.48. The van der Waals surface area contributed by atoms with E-state index < -0.39 is 0 Å². The van der Waals surface area contributed by atoms with Gasteiger partial charge in [-0.15, -0.1) is 10.2 Å². The Morgan fingerprint density at radius 1 is 0.914 bits per heavy atom. The lowest BCUT2D eigenvalue weighted by molar-refractivity contribution is 0.136. The summed E-state index contributed by atoms with van der Waals surface area (Å²) in [6.07, 6.45) is 9.98. The molecule has 1 N–H and O–H groups in total. The van der Waals surface area contributed by atoms with Gasteiger partial charge in [-0.25, -0.2) is 4.68 Å². The molecule has 7 heteroatoms. The number of unbranched alkanes of at least 4 members (excludes halogenated alkanes) is 2. The Balaban J connectivity index is 1.33. The highest BCUT2D eigenvalue weighted by Crippen LogP contribution is 2.42. The minimum atomic E-state index is 0.248. The van der Waals surface area contributed by atoms with Crippen molar-refractivity contribution in [2.75, 3.05) is 0 Å². The summed E-state index contributed by atoms with van der Waals surface area (Å²) < 4.78 is 4.55. The van der Waals surface area contributed by atoms with Gasteiger partial charge in [0.15, 0.2) is 0 Å². The second-order valence-electron chi connectivity index (χ2n) is 9.99. The number of nitrogens with zero attached hydrogens (tertiary/aromatic N) is 5. The summed E-state index contributed by atoms with van der Waals surface area (Å²) in [5.74, 6) is 0.587. The molecule has 1 aliphatic carbocycles. The van der Waals surface area contributed by atoms with Gasteiger partial charge in [0.25, 0.3) is 5.56 Å². The number of hydrogen-bond acceptors (Lipinski definition) is 4. The number of fused-ring (bicyclic) bond motifs is 2. The van der Waals surface area contributed by atoms with Crippen LogP contribution in [0.5, 0.6) is 0 Å². The van der Waals surface area contributed by atoms with Crippen molar-refractivity contribution < 1.29 is 0 Å². The minimum absolute atomic E-state index is 0.248. The van der Waals surface area contributed by atoms with Crippen LogP contribution in [0.1, 0.15) is 80.8 Å². The first-order chi connectivity index (χ1) is 17.2. The molecule has 35 heavy (non-hydrogen) atoms. The molecule has 1 saturated carbocycles. The van der Waals surface area contributed by atoms with E-state index in [4.69, 9.17) is 0 Å². The first kappa shape index (κ1) is 22.0. The number of aromatic amines is 1. The van der Waals surface area contributed by atoms with E-state index in [0.29, 0.717) is 24.3 Å². The van der Waals surface area contributed by atoms with Crippen LogP contribution in [0, 0.1) is 0 Å². The standard InChI is InChI=1S/C28H32N6O/c1-2-3-4-9-26-25(28(35)34-22-16-14-21(15-17-22)33(26)34)18-19-10-12-20(13-11-19)23-7-5-6-8-24(23)27-29-31-32-30-27/h5-8,10-13,21-22H,2-4,9,14-18H2,1H3,(H,29,30,31,32). The zero-order chi connectivity index (χ0) is 23.8. The van der Waals surface area contributed by atoms with Crippen molar-refractivity contribution in [1.29, 1.82) is 0 Å². The van der Waals surface area contributed by atoms with Crippen LogP contribution in [-0.2, 0) is 12.8 Å². The molecule has 2 aromatic carbocycles. The molecule has 3 aliphatic rings. The highest BCUT2D eigenvalue weighted by Gasteiger charge is 2.37. The van der Waals surface area contributed by atoms with Gasteiger partial charge >= 0.3 is 0 Å². The summed E-state index contributed by atoms with van der Waals surface area (Å²) >= 11 is 0. The van der Waals surface area contributed by atoms with E-state index in [9.17, 15) is 4.79 Å². The highest BCUT2D eigenvalue weighted by molar-refractivity contribution is 5.80. The third kappa shape index (κ3) is 3.93. The van der Waals surface area contributed by atoms with Crippen LogP contribution < -0.4 is 5.56 Å². The molecule has 180 valence electrons. The van der Waals surface area contributed by atoms with Gasteiger partial charge in [-0.05, 0) is 60.4 Å². The molecular weight excluding hydrogens is 436 g/mol. The predicted molar refractivity (Wildman–Crippen MR) is 136 cm³/mol. The summed E-state index contributed by atoms with van der Waals surface area (Å²) in [6, 6.07) is 17.6. The molecule has 2 aliphatic heterocycles. The summed E-state index contributed by atoms with van der Waals surface area (Å²) in [4.78, 5) is 13.6. The van der Waals surface area contributed by atoms with Crippen LogP contribution in [-0.4, -0.2) is 30.0 Å². The summed E-state index contributed by atoms with van der Waals surface area (Å²) in [5, 5.41) is 14.6. The highest BCUT2D eigenvalue weighted by atomic mass is 16.1. The van der Waals surface area contributed by atoms with E-state index in [1.165, 1.54) is 36.9 Å². The predicted octanol–water partition coefficient (Wildman–Crippen LogP) is 5.49. The van der Waals surface area contributed by atoms with E-state index in [0.717, 1.165) is 47.9 Å². The first-order valence-corrected chi connectivity index (χ1v) is 13.0. The van der Waals surface area contributed by atoms with Gasteiger partial charge in [-0.3, -0.25) is 9.48 Å². The Morgan fingerprint density at radius 2 is 1.63 bits per heavy atom. The zero-order valence-electron chi connectivity index (χ0n) is 20.3. The van der Waals surface area contributed by atoms with Crippen molar-refractivity contribution in [2.45, 2.75) is 76.8 Å². The monoisotopic (exact) mass is 468 g/mol. The van der Waals surface area contributed by atoms with Gasteiger partial charge in [0.1, 0.15) is 0 Å². The molecule has 0 radical (unpaired) electrons. The summed E-state index contributed by atoms with van der Waals surface area (Å²) in [7, 11) is 0. The maximum atomic E-state index is 13.6. The van der Waals surface area contributed by atoms with Crippen LogP contribution in [0.3, 0.4) is 0 Å². The van der Waals surface area contributed by atoms with Crippen LogP contribution in [0.2, 0.25) is 0 Å². The molecule has 4 aromatic rings. The summed E-state index contributed by atoms with van der Waals surface area (Å²) in [6.45, 7) is 2.24. The molecule has 0 saturated heterocycles. The number of H-pyrrole nitrogens is 1. The van der Waals surface area contributed by atoms with E-state index in [1.54, 1.807) is 0 Å². The van der Waals surface area contributed by atoms with Gasteiger partial charge in [0, 0.05) is 23.2 Å². The van der Waals surface area contributed by atoms with E-state index in [1.807, 2.05) is 18.2 Å². The van der Waals surface area contributed by atoms with Crippen LogP contribution >= 0.6 is 0 Å². The van der Waals surface area contributed by atoms with Crippen LogP contribution in [0.25, 0.3) is 22.5 Å². The fourth-order valence-electron chi connectivity index (χ4n) is 6.11. The lowest BCUT2D eigenvalue weighted by Crippen LogP contribution is -2.39. The van der Waals surface area contributed by atoms with Gasteiger partial charge in [0.2, 0.25) is 5.82 Å². The Kier molecular flexibility index (Phi) is 5.84. The van der Waals surface area contributed by atoms with Gasteiger partial charge in [-0.2, -0.15) is 5.21 Å². The van der Waals surface area contributed by atoms with Crippen molar-refractivity contribution >= 4 is 0 Å². The van der Waals surface area contributed by atoms with E-state index >= 15 is 0 Å². The van der Waals surface area contributed by atoms with Gasteiger partial charge in [-0.1, -0.05) is 68.3 Å². The molecule has 0 spiro atoms. The first-order valence-electron chi connectivity index (χ1n) is 13.0. The molecule has 2 aromatic heterocycles. The van der Waals surface area contributed by atoms with E-state index in [-0.39, 0.29) is 5.56 Å². The average molecular weight is 469 g/mol. The molecule has 2 bridgehead atoms. The average Bonchev–Trinajstić information content (AvgIpc) is 3.54. The second kappa shape index (κ2) is 9.29. The molecule has 1 fully saturated rings. The van der Waals surface area contributed by atoms with Gasteiger partial charge in [0.05, 0.1) is 12.1 Å². The largest absolute Gasteiger partial charge is 0.283 e. The second-order valence-corrected chi connectivity index (χ2v) is 9.99. The fourth-order valence-corrected chi connectivity index (χ4v) is 6.11. The Morgan fingerprint density at radius 3 is 2.31 bits per heavy atom. The lowest BCUT2D eigenvalue weighted by Gasteiger charge is -2.40. The van der Waals surface area contributed by atoms with Crippen molar-refractivity contribution in [2.24, 2.45) is 0 Å². The summed E-state index contributed by atoms with van der Waals surface area (Å²) in [5.41, 5.74) is 6.85. The van der Waals surface area contributed by atoms with Gasteiger partial charge < -0.3 is 0 Å². The Bertz CT molecular complexity index is 1360. The molecule has 0 atom stereocenters. The molecule has 4 heterocycles. The van der Waals surface area contributed by atoms with E-state index in [2.05, 4.69) is 67.2 Å². The third-order valence-electron chi connectivity index (χ3n) is 7.86. The fraction of sp³-hybridized carbons (Fsp3) is 0.429. The molecule has 7 rings (SSSR count). The third-order valence-corrected chi connectivity index (χ3v) is 7.86. The smallest absolute Gasteiger partial charge is 0.270 e.